The Balaban J connectivity index is 1.42. The number of piperidine rings is 1. The number of ether oxygens (including phenoxy) is 2. The predicted octanol–water partition coefficient (Wildman–Crippen LogP) is -2.35. The Morgan fingerprint density at radius 2 is 1.69 bits per heavy atom. The van der Waals surface area contributed by atoms with Crippen LogP contribution in [0.25, 0.3) is 0 Å². The third-order valence-electron chi connectivity index (χ3n) is 7.98. The fourth-order valence-electron chi connectivity index (χ4n) is 5.24. The molecule has 206 valence electrons. The van der Waals surface area contributed by atoms with Gasteiger partial charge < -0.3 is 24.8 Å². The third-order valence-corrected chi connectivity index (χ3v) is 7.98. The molecular weight excluding hydrogens is 543 g/mol. The van der Waals surface area contributed by atoms with Crippen molar-refractivity contribution in [2.24, 2.45) is 0 Å². The minimum absolute atomic E-state index is 0.0120. The number of imide groups is 1. The number of benzene rings is 2. The van der Waals surface area contributed by atoms with Crippen molar-refractivity contribution < 1.29 is 43.6 Å². The molecular formula is C25H21B5FN3O8. The number of nitrogens with zero attached hydrogens (tertiary/aromatic N) is 2. The highest BCUT2D eigenvalue weighted by molar-refractivity contribution is 6.64. The zero-order valence-corrected chi connectivity index (χ0v) is 22.2. The van der Waals surface area contributed by atoms with Gasteiger partial charge in [-0.15, -0.1) is 0 Å². The minimum Gasteiger partial charge on any atom is -0.508 e. The van der Waals surface area contributed by atoms with Crippen LogP contribution in [-0.4, -0.2) is 114 Å². The van der Waals surface area contributed by atoms with E-state index >= 15 is 4.39 Å². The molecule has 3 amide bonds. The van der Waals surface area contributed by atoms with Gasteiger partial charge in [-0.3, -0.25) is 29.5 Å². The third kappa shape index (κ3) is 4.32. The number of hydrogen-bond donors (Lipinski definition) is 4. The van der Waals surface area contributed by atoms with Crippen molar-refractivity contribution in [3.05, 3.63) is 46.3 Å². The van der Waals surface area contributed by atoms with Crippen LogP contribution in [0.15, 0.2) is 18.2 Å². The number of rotatable bonds is 6. The molecule has 0 aliphatic carbocycles. The number of aromatic hydroxyl groups is 2. The summed E-state index contributed by atoms with van der Waals surface area (Å²) in [6, 6.07) is 4.17. The maximum absolute atomic E-state index is 15.3. The molecule has 2 saturated heterocycles. The van der Waals surface area contributed by atoms with E-state index < -0.39 is 69.9 Å². The van der Waals surface area contributed by atoms with Gasteiger partial charge >= 0.3 is 0 Å². The Kier molecular flexibility index (Phi) is 7.43. The van der Waals surface area contributed by atoms with Gasteiger partial charge in [0.15, 0.2) is 11.6 Å². The summed E-state index contributed by atoms with van der Waals surface area (Å²) >= 11 is 0. The highest BCUT2D eigenvalue weighted by atomic mass is 19.1. The van der Waals surface area contributed by atoms with E-state index in [0.717, 1.165) is 0 Å². The summed E-state index contributed by atoms with van der Waals surface area (Å²) in [4.78, 5) is 40.8. The second-order valence-electron chi connectivity index (χ2n) is 10.4. The second kappa shape index (κ2) is 10.4. The first-order valence-electron chi connectivity index (χ1n) is 12.8. The highest BCUT2D eigenvalue weighted by Crippen LogP contribution is 2.55. The SMILES string of the molecule is [B]c1c(O)c(COc2cccc3c2CN(C2(O)C(=O)NC(=O)C([B])([B])C2([B])[B])C3=O)c(F)c(O)c1CN1CCOCC1. The molecule has 0 aromatic heterocycles. The van der Waals surface area contributed by atoms with Gasteiger partial charge in [0.1, 0.15) is 26.0 Å². The second-order valence-corrected chi connectivity index (χ2v) is 10.4. The molecule has 0 bridgehead atoms. The molecule has 2 aromatic carbocycles. The molecule has 0 saturated carbocycles. The average molecular weight is 565 g/mol. The van der Waals surface area contributed by atoms with Gasteiger partial charge in [0.2, 0.25) is 11.6 Å². The maximum Gasteiger partial charge on any atom is 0.278 e. The Labute approximate surface area is 246 Å². The molecule has 2 aromatic rings. The van der Waals surface area contributed by atoms with E-state index in [2.05, 4.69) is 0 Å². The van der Waals surface area contributed by atoms with E-state index in [4.69, 9.17) is 48.7 Å². The first-order valence-corrected chi connectivity index (χ1v) is 12.8. The van der Waals surface area contributed by atoms with Gasteiger partial charge in [0.05, 0.1) is 56.7 Å². The fraction of sp³-hybridized carbons (Fsp3) is 0.400. The number of phenols is 2. The highest BCUT2D eigenvalue weighted by Gasteiger charge is 2.66. The lowest BCUT2D eigenvalue weighted by Crippen LogP contribution is -2.74. The number of fused-ring (bicyclic) bond motifs is 1. The predicted molar refractivity (Wildman–Crippen MR) is 148 cm³/mol. The average Bonchev–Trinajstić information content (AvgIpc) is 3.30. The van der Waals surface area contributed by atoms with Gasteiger partial charge in [0, 0.05) is 36.3 Å². The van der Waals surface area contributed by atoms with Gasteiger partial charge in [-0.2, -0.15) is 0 Å². The number of phenolic OH excluding ortho intramolecular Hbond substituents is 2. The van der Waals surface area contributed by atoms with E-state index in [1.807, 2.05) is 4.90 Å². The Morgan fingerprint density at radius 3 is 2.36 bits per heavy atom. The molecule has 3 aliphatic rings. The number of aliphatic hydroxyl groups is 1. The molecule has 17 heteroatoms. The fourth-order valence-corrected chi connectivity index (χ4v) is 5.24. The lowest BCUT2D eigenvalue weighted by atomic mass is 9.25. The Morgan fingerprint density at radius 1 is 1.02 bits per heavy atom. The standard InChI is InChI=1S/C25H21B5FN3O8/c26-16-13(8-33-4-6-41-7-5-33)19(36)17(31)14(18(16)35)10-42-15-3-1-2-11-12(15)9-34(20(11)37)24(40)22(39)32-21(38)23(27,28)25(24,29)30/h1-3,35-36,40H,4-10H2,(H,32,38,39). The van der Waals surface area contributed by atoms with E-state index in [1.54, 1.807) is 5.32 Å². The summed E-state index contributed by atoms with van der Waals surface area (Å²) in [5, 5.41) is 28.9. The van der Waals surface area contributed by atoms with Crippen LogP contribution in [0.5, 0.6) is 17.2 Å². The summed E-state index contributed by atoms with van der Waals surface area (Å²) in [5.41, 5.74) is -3.67. The molecule has 11 nitrogen and oxygen atoms in total. The lowest BCUT2D eigenvalue weighted by molar-refractivity contribution is -0.172. The van der Waals surface area contributed by atoms with Crippen molar-refractivity contribution in [3.8, 4) is 17.2 Å². The molecule has 42 heavy (non-hydrogen) atoms. The Hall–Kier alpha value is -3.42. The van der Waals surface area contributed by atoms with Crippen LogP contribution in [0.4, 0.5) is 4.39 Å². The summed E-state index contributed by atoms with van der Waals surface area (Å²) in [6.45, 7) is 0.898. The van der Waals surface area contributed by atoms with Gasteiger partial charge in [-0.05, 0) is 28.0 Å². The number of hydrogen-bond acceptors (Lipinski definition) is 9. The topological polar surface area (TPSA) is 149 Å². The van der Waals surface area contributed by atoms with Crippen LogP contribution in [0.3, 0.4) is 0 Å². The molecule has 2 fully saturated rings. The van der Waals surface area contributed by atoms with Crippen LogP contribution in [0.1, 0.15) is 27.0 Å². The summed E-state index contributed by atoms with van der Waals surface area (Å²) < 4.78 is 26.3. The molecule has 0 spiro atoms. The van der Waals surface area contributed by atoms with Gasteiger partial charge in [0.25, 0.3) is 11.8 Å². The molecule has 3 aliphatic heterocycles. The van der Waals surface area contributed by atoms with E-state index in [1.165, 1.54) is 18.2 Å². The van der Waals surface area contributed by atoms with Crippen molar-refractivity contribution in [2.75, 3.05) is 26.3 Å². The van der Waals surface area contributed by atoms with Crippen LogP contribution in [-0.2, 0) is 34.0 Å². The zero-order chi connectivity index (χ0) is 30.8. The molecule has 4 N–H and O–H groups in total. The summed E-state index contributed by atoms with van der Waals surface area (Å²) in [5.74, 6) is -6.16. The van der Waals surface area contributed by atoms with E-state index in [-0.39, 0.29) is 34.4 Å². The molecule has 3 heterocycles. The van der Waals surface area contributed by atoms with Crippen molar-refractivity contribution in [2.45, 2.75) is 35.8 Å². The molecule has 10 radical (unpaired) electrons. The summed E-state index contributed by atoms with van der Waals surface area (Å²) in [7, 11) is 29.5. The van der Waals surface area contributed by atoms with E-state index in [0.29, 0.717) is 31.2 Å². The maximum atomic E-state index is 15.3. The largest absolute Gasteiger partial charge is 0.508 e. The number of nitrogens with one attached hydrogen (secondary N) is 1. The van der Waals surface area contributed by atoms with Gasteiger partial charge in [-0.25, -0.2) is 4.39 Å². The zero-order valence-electron chi connectivity index (χ0n) is 22.2. The van der Waals surface area contributed by atoms with E-state index in [9.17, 15) is 29.7 Å². The monoisotopic (exact) mass is 565 g/mol. The first kappa shape index (κ1) is 30.1. The van der Waals surface area contributed by atoms with Crippen LogP contribution < -0.4 is 15.5 Å². The van der Waals surface area contributed by atoms with Crippen LogP contribution in [0, 0.1) is 5.82 Å². The normalized spacial score (nSPS) is 23.5. The van der Waals surface area contributed by atoms with Crippen molar-refractivity contribution in [3.63, 3.8) is 0 Å². The molecule has 1 unspecified atom stereocenters. The molecule has 1 atom stereocenters. The number of carbonyl (C=O) groups is 3. The Bertz CT molecular complexity index is 1470. The minimum atomic E-state index is -3.08. The molecule has 5 rings (SSSR count). The smallest absolute Gasteiger partial charge is 0.278 e. The van der Waals surface area contributed by atoms with Crippen molar-refractivity contribution >= 4 is 62.4 Å². The number of amides is 3. The van der Waals surface area contributed by atoms with Crippen LogP contribution >= 0.6 is 0 Å². The van der Waals surface area contributed by atoms with Gasteiger partial charge in [-0.1, -0.05) is 6.07 Å². The summed E-state index contributed by atoms with van der Waals surface area (Å²) in [6.07, 6.45) is 0. The number of morpholine rings is 1. The first-order chi connectivity index (χ1) is 19.6. The van der Waals surface area contributed by atoms with Crippen molar-refractivity contribution in [1.29, 1.82) is 0 Å². The van der Waals surface area contributed by atoms with Crippen LogP contribution in [0.2, 0.25) is 10.4 Å². The number of halogens is 1. The number of carbonyl (C=O) groups excluding carboxylic acids is 3. The lowest BCUT2D eigenvalue weighted by Gasteiger charge is -2.57. The van der Waals surface area contributed by atoms with Crippen molar-refractivity contribution in [1.82, 2.24) is 15.1 Å². The quantitative estimate of drug-likeness (QED) is 0.172.